The molecule has 1 aromatic carbocycles. The number of halogens is 6. The summed E-state index contributed by atoms with van der Waals surface area (Å²) in [6.45, 7) is 0. The zero-order chi connectivity index (χ0) is 17.3. The van der Waals surface area contributed by atoms with Gasteiger partial charge in [-0.3, -0.25) is 4.79 Å². The van der Waals surface area contributed by atoms with Crippen molar-refractivity contribution in [2.75, 3.05) is 7.11 Å². The van der Waals surface area contributed by atoms with Gasteiger partial charge in [0.05, 0.1) is 5.56 Å². The summed E-state index contributed by atoms with van der Waals surface area (Å²) in [5.74, 6) is -3.35. The molecule has 0 spiro atoms. The summed E-state index contributed by atoms with van der Waals surface area (Å²) in [6, 6.07) is 3.08. The molecule has 2 unspecified atom stereocenters. The topological polar surface area (TPSA) is 57.5 Å². The van der Waals surface area contributed by atoms with E-state index in [0.29, 0.717) is 12.1 Å². The Kier molecular flexibility index (Phi) is 4.81. The van der Waals surface area contributed by atoms with Crippen LogP contribution in [0.3, 0.4) is 0 Å². The number of aliphatic hydroxyl groups is 1. The number of benzene rings is 1. The Labute approximate surface area is 121 Å². The first-order valence-corrected chi connectivity index (χ1v) is 5.92. The molecule has 1 aromatic rings. The molecule has 0 amide bonds. The third-order valence-electron chi connectivity index (χ3n) is 3.49. The van der Waals surface area contributed by atoms with Crippen LogP contribution in [-0.2, 0) is 11.0 Å². The molecule has 0 saturated heterocycles. The monoisotopic (exact) mass is 330 g/mol. The number of carboxylic acid groups (broad SMARTS) is 1. The van der Waals surface area contributed by atoms with Crippen molar-refractivity contribution in [3.05, 3.63) is 35.4 Å². The zero-order valence-electron chi connectivity index (χ0n) is 11.2. The Bertz CT molecular complexity index is 534. The van der Waals surface area contributed by atoms with Crippen LogP contribution < -0.4 is 0 Å². The maximum Gasteiger partial charge on any atom is 0.416 e. The molecule has 3 nitrogen and oxygen atoms in total. The lowest BCUT2D eigenvalue weighted by atomic mass is 9.97. The molecule has 124 valence electrons. The maximum atomic E-state index is 12.8. The van der Waals surface area contributed by atoms with Gasteiger partial charge in [0.2, 0.25) is 0 Å². The van der Waals surface area contributed by atoms with Crippen LogP contribution in [0.25, 0.3) is 0 Å². The summed E-state index contributed by atoms with van der Waals surface area (Å²) >= 11 is 0. The molecule has 0 aromatic heterocycles. The number of rotatable bonds is 2. The minimum absolute atomic E-state index is 0.0577. The Morgan fingerprint density at radius 2 is 1.55 bits per heavy atom. The van der Waals surface area contributed by atoms with Crippen LogP contribution in [-0.4, -0.2) is 29.5 Å². The van der Waals surface area contributed by atoms with Gasteiger partial charge in [-0.15, -0.1) is 0 Å². The fourth-order valence-electron chi connectivity index (χ4n) is 2.24. The van der Waals surface area contributed by atoms with E-state index >= 15 is 0 Å². The van der Waals surface area contributed by atoms with Crippen LogP contribution >= 0.6 is 0 Å². The molecule has 1 aliphatic carbocycles. The van der Waals surface area contributed by atoms with Crippen molar-refractivity contribution in [1.82, 2.24) is 0 Å². The molecule has 9 heteroatoms. The van der Waals surface area contributed by atoms with Gasteiger partial charge >= 0.3 is 18.3 Å². The standard InChI is InChI=1S/C12H8F6O2.CH4O/c13-11(14,15)7-3-1-6(2-4-7)8-5-10(8,9(19)20)12(16,17)18;1-2/h1-4,8H,5H2,(H,19,20);2H,1H3. The van der Waals surface area contributed by atoms with E-state index in [1.165, 1.54) is 0 Å². The summed E-state index contributed by atoms with van der Waals surface area (Å²) in [6.07, 6.45) is -10.2. The van der Waals surface area contributed by atoms with E-state index in [4.69, 9.17) is 10.2 Å². The van der Waals surface area contributed by atoms with Gasteiger partial charge in [0, 0.05) is 13.0 Å². The first-order chi connectivity index (χ1) is 10.00. The van der Waals surface area contributed by atoms with E-state index in [1.54, 1.807) is 0 Å². The number of aliphatic hydroxyl groups excluding tert-OH is 1. The highest BCUT2D eigenvalue weighted by molar-refractivity contribution is 5.81. The molecule has 22 heavy (non-hydrogen) atoms. The Morgan fingerprint density at radius 1 is 1.09 bits per heavy atom. The van der Waals surface area contributed by atoms with Gasteiger partial charge in [0.15, 0.2) is 5.41 Å². The largest absolute Gasteiger partial charge is 0.481 e. The molecule has 0 radical (unpaired) electrons. The molecular formula is C13H12F6O3. The highest BCUT2D eigenvalue weighted by atomic mass is 19.4. The van der Waals surface area contributed by atoms with E-state index in [0.717, 1.165) is 19.2 Å². The minimum atomic E-state index is -4.94. The first-order valence-electron chi connectivity index (χ1n) is 5.92. The fourth-order valence-corrected chi connectivity index (χ4v) is 2.24. The molecule has 1 saturated carbocycles. The van der Waals surface area contributed by atoms with Gasteiger partial charge in [0.1, 0.15) is 0 Å². The minimum Gasteiger partial charge on any atom is -0.481 e. The van der Waals surface area contributed by atoms with Crippen LogP contribution in [0.5, 0.6) is 0 Å². The molecule has 2 rings (SSSR count). The summed E-state index contributed by atoms with van der Waals surface area (Å²) in [5.41, 5.74) is -3.93. The maximum absolute atomic E-state index is 12.8. The van der Waals surface area contributed by atoms with E-state index in [2.05, 4.69) is 0 Å². The van der Waals surface area contributed by atoms with Gasteiger partial charge < -0.3 is 10.2 Å². The van der Waals surface area contributed by atoms with Crippen LogP contribution in [0.15, 0.2) is 24.3 Å². The predicted octanol–water partition coefficient (Wildman–Crippen LogP) is 3.43. The normalized spacial score (nSPS) is 24.3. The van der Waals surface area contributed by atoms with Crippen molar-refractivity contribution in [2.45, 2.75) is 24.7 Å². The highest BCUT2D eigenvalue weighted by Crippen LogP contribution is 2.67. The Hall–Kier alpha value is -1.77. The third-order valence-corrected chi connectivity index (χ3v) is 3.49. The second kappa shape index (κ2) is 5.79. The third kappa shape index (κ3) is 3.03. The zero-order valence-corrected chi connectivity index (χ0v) is 11.2. The SMILES string of the molecule is CO.O=C(O)C1(C(F)(F)F)CC1c1ccc(C(F)(F)F)cc1. The quantitative estimate of drug-likeness (QED) is 0.817. The summed E-state index contributed by atoms with van der Waals surface area (Å²) in [5, 5.41) is 15.8. The molecular weight excluding hydrogens is 318 g/mol. The summed E-state index contributed by atoms with van der Waals surface area (Å²) in [4.78, 5) is 10.8. The van der Waals surface area contributed by atoms with Crippen molar-refractivity contribution in [3.63, 3.8) is 0 Å². The molecule has 0 aliphatic heterocycles. The van der Waals surface area contributed by atoms with Crippen molar-refractivity contribution >= 4 is 5.97 Å². The predicted molar refractivity (Wildman–Crippen MR) is 63.1 cm³/mol. The van der Waals surface area contributed by atoms with Crippen molar-refractivity contribution < 1.29 is 41.4 Å². The number of carbonyl (C=O) groups is 1. The molecule has 2 N–H and O–H groups in total. The summed E-state index contributed by atoms with van der Waals surface area (Å²) in [7, 11) is 1.00. The second-order valence-electron chi connectivity index (χ2n) is 4.65. The molecule has 0 heterocycles. The Morgan fingerprint density at radius 3 is 1.82 bits per heavy atom. The molecule has 0 bridgehead atoms. The van der Waals surface area contributed by atoms with Crippen LogP contribution in [0.4, 0.5) is 26.3 Å². The highest BCUT2D eigenvalue weighted by Gasteiger charge is 2.76. The van der Waals surface area contributed by atoms with E-state index in [-0.39, 0.29) is 5.56 Å². The fraction of sp³-hybridized carbons (Fsp3) is 0.462. The van der Waals surface area contributed by atoms with Gasteiger partial charge in [0.25, 0.3) is 0 Å². The molecule has 1 fully saturated rings. The van der Waals surface area contributed by atoms with Gasteiger partial charge in [-0.05, 0) is 24.1 Å². The average molecular weight is 330 g/mol. The number of hydrogen-bond donors (Lipinski definition) is 2. The van der Waals surface area contributed by atoms with Gasteiger partial charge in [-0.1, -0.05) is 12.1 Å². The van der Waals surface area contributed by atoms with Crippen LogP contribution in [0.1, 0.15) is 23.5 Å². The van der Waals surface area contributed by atoms with E-state index in [1.807, 2.05) is 0 Å². The second-order valence-corrected chi connectivity index (χ2v) is 4.65. The number of aliphatic carboxylic acids is 1. The Balaban J connectivity index is 0.00000116. The smallest absolute Gasteiger partial charge is 0.416 e. The van der Waals surface area contributed by atoms with E-state index < -0.39 is 41.6 Å². The first kappa shape index (κ1) is 18.3. The van der Waals surface area contributed by atoms with Crippen LogP contribution in [0, 0.1) is 5.41 Å². The number of hydrogen-bond acceptors (Lipinski definition) is 2. The molecule has 2 atom stereocenters. The van der Waals surface area contributed by atoms with Crippen molar-refractivity contribution in [3.8, 4) is 0 Å². The van der Waals surface area contributed by atoms with Gasteiger partial charge in [-0.2, -0.15) is 26.3 Å². The lowest BCUT2D eigenvalue weighted by Gasteiger charge is -2.16. The van der Waals surface area contributed by atoms with Gasteiger partial charge in [-0.25, -0.2) is 0 Å². The van der Waals surface area contributed by atoms with E-state index in [9.17, 15) is 31.1 Å². The molecule has 1 aliphatic rings. The lowest BCUT2D eigenvalue weighted by molar-refractivity contribution is -0.204. The average Bonchev–Trinajstić information content (AvgIpc) is 3.16. The number of alkyl halides is 6. The summed E-state index contributed by atoms with van der Waals surface area (Å²) < 4.78 is 75.4. The number of carboxylic acids is 1. The van der Waals surface area contributed by atoms with Crippen molar-refractivity contribution in [1.29, 1.82) is 0 Å². The van der Waals surface area contributed by atoms with Crippen LogP contribution in [0.2, 0.25) is 0 Å². The van der Waals surface area contributed by atoms with Crippen molar-refractivity contribution in [2.24, 2.45) is 5.41 Å². The lowest BCUT2D eigenvalue weighted by Crippen LogP contribution is -2.34.